The summed E-state index contributed by atoms with van der Waals surface area (Å²) < 4.78 is 0. The van der Waals surface area contributed by atoms with Crippen molar-refractivity contribution in [1.29, 1.82) is 0 Å². The van der Waals surface area contributed by atoms with Gasteiger partial charge in [0, 0.05) is 11.8 Å². The van der Waals surface area contributed by atoms with Crippen LogP contribution in [0.25, 0.3) is 0 Å². The first kappa shape index (κ1) is 12.4. The molecule has 1 aromatic rings. The van der Waals surface area contributed by atoms with Gasteiger partial charge >= 0.3 is 12.0 Å². The molecule has 4 N–H and O–H groups in total. The van der Waals surface area contributed by atoms with Crippen molar-refractivity contribution in [2.45, 2.75) is 0 Å². The minimum atomic E-state index is -1.24. The topological polar surface area (TPSA) is 98.7 Å². The van der Waals surface area contributed by atoms with Gasteiger partial charge in [-0.2, -0.15) is 0 Å². The first-order valence-electron chi connectivity index (χ1n) is 4.59. The van der Waals surface area contributed by atoms with Crippen LogP contribution >= 0.6 is 0 Å². The lowest BCUT2D eigenvalue weighted by molar-refractivity contribution is 0.0694. The van der Waals surface area contributed by atoms with Gasteiger partial charge in [0.15, 0.2) is 0 Å². The summed E-state index contributed by atoms with van der Waals surface area (Å²) in [5.41, 5.74) is 0.0293. The standard InChI is InChI=1S/C11H10N2O4/c1-2-5-12-11(17)13-7-3-4-8(10(15)16)9(14)6-7/h1,3-4,6,14H,5H2,(H,15,16)(H2,12,13,17). The van der Waals surface area contributed by atoms with Gasteiger partial charge in [-0.3, -0.25) is 0 Å². The third kappa shape index (κ3) is 3.43. The normalized spacial score (nSPS) is 9.12. The van der Waals surface area contributed by atoms with E-state index >= 15 is 0 Å². The van der Waals surface area contributed by atoms with Crippen LogP contribution in [-0.2, 0) is 0 Å². The number of hydrogen-bond acceptors (Lipinski definition) is 3. The molecule has 1 rings (SSSR count). The molecule has 6 heteroatoms. The maximum Gasteiger partial charge on any atom is 0.339 e. The first-order valence-corrected chi connectivity index (χ1v) is 4.59. The van der Waals surface area contributed by atoms with Gasteiger partial charge in [-0.1, -0.05) is 5.92 Å². The number of nitrogens with one attached hydrogen (secondary N) is 2. The van der Waals surface area contributed by atoms with Gasteiger partial charge in [0.05, 0.1) is 6.54 Å². The second-order valence-corrected chi connectivity index (χ2v) is 3.05. The van der Waals surface area contributed by atoms with Crippen LogP contribution in [0.4, 0.5) is 10.5 Å². The quantitative estimate of drug-likeness (QED) is 0.582. The van der Waals surface area contributed by atoms with E-state index in [0.717, 1.165) is 6.07 Å². The number of anilines is 1. The Hall–Kier alpha value is -2.68. The van der Waals surface area contributed by atoms with Crippen LogP contribution in [-0.4, -0.2) is 28.8 Å². The van der Waals surface area contributed by atoms with Crippen molar-refractivity contribution < 1.29 is 19.8 Å². The molecule has 0 aliphatic carbocycles. The highest BCUT2D eigenvalue weighted by Crippen LogP contribution is 2.21. The predicted molar refractivity (Wildman–Crippen MR) is 60.9 cm³/mol. The SMILES string of the molecule is C#CCNC(=O)Nc1ccc(C(=O)O)c(O)c1. The van der Waals surface area contributed by atoms with E-state index < -0.39 is 17.7 Å². The number of urea groups is 1. The molecule has 88 valence electrons. The van der Waals surface area contributed by atoms with Crippen molar-refractivity contribution in [3.63, 3.8) is 0 Å². The zero-order chi connectivity index (χ0) is 12.8. The zero-order valence-electron chi connectivity index (χ0n) is 8.73. The van der Waals surface area contributed by atoms with E-state index in [1.54, 1.807) is 0 Å². The number of carbonyl (C=O) groups is 2. The molecule has 0 saturated carbocycles. The fraction of sp³-hybridized carbons (Fsp3) is 0.0909. The third-order valence-corrected chi connectivity index (χ3v) is 1.84. The molecule has 2 amide bonds. The summed E-state index contributed by atoms with van der Waals surface area (Å²) in [6, 6.07) is 3.15. The summed E-state index contributed by atoms with van der Waals surface area (Å²) in [5, 5.41) is 22.8. The lowest BCUT2D eigenvalue weighted by atomic mass is 10.2. The third-order valence-electron chi connectivity index (χ3n) is 1.84. The van der Waals surface area contributed by atoms with Crippen LogP contribution in [0.15, 0.2) is 18.2 Å². The zero-order valence-corrected chi connectivity index (χ0v) is 8.73. The van der Waals surface area contributed by atoms with Crippen LogP contribution < -0.4 is 10.6 Å². The molecule has 0 spiro atoms. The summed E-state index contributed by atoms with van der Waals surface area (Å²) in [6.45, 7) is 0.0744. The highest BCUT2D eigenvalue weighted by molar-refractivity contribution is 5.93. The largest absolute Gasteiger partial charge is 0.507 e. The number of aromatic carboxylic acids is 1. The van der Waals surface area contributed by atoms with Gasteiger partial charge in [0.25, 0.3) is 0 Å². The van der Waals surface area contributed by atoms with E-state index in [4.69, 9.17) is 11.5 Å². The van der Waals surface area contributed by atoms with Gasteiger partial charge in [-0.25, -0.2) is 9.59 Å². The lowest BCUT2D eigenvalue weighted by Crippen LogP contribution is -2.28. The monoisotopic (exact) mass is 234 g/mol. The number of phenols is 1. The van der Waals surface area contributed by atoms with Crippen LogP contribution in [0.3, 0.4) is 0 Å². The summed E-state index contributed by atoms with van der Waals surface area (Å²) in [7, 11) is 0. The number of benzene rings is 1. The van der Waals surface area contributed by atoms with E-state index in [2.05, 4.69) is 16.6 Å². The molecule has 1 aromatic carbocycles. The van der Waals surface area contributed by atoms with Crippen molar-refractivity contribution in [2.75, 3.05) is 11.9 Å². The van der Waals surface area contributed by atoms with Crippen LogP contribution in [0.2, 0.25) is 0 Å². The Labute approximate surface area is 97.3 Å². The smallest absolute Gasteiger partial charge is 0.339 e. The van der Waals surface area contributed by atoms with Crippen molar-refractivity contribution >= 4 is 17.7 Å². The molecular formula is C11H10N2O4. The molecule has 0 saturated heterocycles. The van der Waals surface area contributed by atoms with Crippen LogP contribution in [0.1, 0.15) is 10.4 Å². The number of rotatable bonds is 3. The molecule has 6 nitrogen and oxygen atoms in total. The molecule has 0 radical (unpaired) electrons. The Morgan fingerprint density at radius 2 is 2.12 bits per heavy atom. The highest BCUT2D eigenvalue weighted by Gasteiger charge is 2.10. The minimum absolute atomic E-state index is 0.0744. The molecular weight excluding hydrogens is 224 g/mol. The van der Waals surface area contributed by atoms with Gasteiger partial charge in [-0.15, -0.1) is 6.42 Å². The van der Waals surface area contributed by atoms with E-state index in [1.165, 1.54) is 12.1 Å². The lowest BCUT2D eigenvalue weighted by Gasteiger charge is -2.06. The van der Waals surface area contributed by atoms with Gasteiger partial charge in [0.1, 0.15) is 11.3 Å². The Morgan fingerprint density at radius 1 is 1.41 bits per heavy atom. The number of carboxylic acids is 1. The van der Waals surface area contributed by atoms with Crippen LogP contribution in [0.5, 0.6) is 5.75 Å². The summed E-state index contributed by atoms with van der Waals surface area (Å²) in [4.78, 5) is 21.8. The number of amides is 2. The summed E-state index contributed by atoms with van der Waals surface area (Å²) >= 11 is 0. The van der Waals surface area contributed by atoms with Crippen molar-refractivity contribution in [3.05, 3.63) is 23.8 Å². The Bertz CT molecular complexity index is 491. The Kier molecular flexibility index (Phi) is 3.95. The second kappa shape index (κ2) is 5.42. The van der Waals surface area contributed by atoms with Gasteiger partial charge in [-0.05, 0) is 12.1 Å². The fourth-order valence-electron chi connectivity index (χ4n) is 1.10. The maximum absolute atomic E-state index is 11.2. The Morgan fingerprint density at radius 3 is 2.65 bits per heavy atom. The molecule has 0 aromatic heterocycles. The van der Waals surface area contributed by atoms with Crippen molar-refractivity contribution in [2.24, 2.45) is 0 Å². The molecule has 0 fully saturated rings. The van der Waals surface area contributed by atoms with E-state index in [1.807, 2.05) is 0 Å². The molecule has 0 aliphatic heterocycles. The summed E-state index contributed by atoms with van der Waals surface area (Å²) in [5.74, 6) is 0.552. The molecule has 0 unspecified atom stereocenters. The second-order valence-electron chi connectivity index (χ2n) is 3.05. The van der Waals surface area contributed by atoms with E-state index in [0.29, 0.717) is 0 Å². The van der Waals surface area contributed by atoms with Crippen LogP contribution in [0, 0.1) is 12.3 Å². The summed E-state index contributed by atoms with van der Waals surface area (Å²) in [6.07, 6.45) is 4.95. The maximum atomic E-state index is 11.2. The van der Waals surface area contributed by atoms with E-state index in [-0.39, 0.29) is 17.8 Å². The van der Waals surface area contributed by atoms with E-state index in [9.17, 15) is 14.7 Å². The first-order chi connectivity index (χ1) is 8.04. The molecule has 0 atom stereocenters. The van der Waals surface area contributed by atoms with Crippen molar-refractivity contribution in [3.8, 4) is 18.1 Å². The van der Waals surface area contributed by atoms with Gasteiger partial charge in [0.2, 0.25) is 0 Å². The molecule has 17 heavy (non-hydrogen) atoms. The average Bonchev–Trinajstić information content (AvgIpc) is 2.26. The number of terminal acetylenes is 1. The highest BCUT2D eigenvalue weighted by atomic mass is 16.4. The average molecular weight is 234 g/mol. The molecule has 0 heterocycles. The molecule has 0 bridgehead atoms. The number of carboxylic acid groups (broad SMARTS) is 1. The predicted octanol–water partition coefficient (Wildman–Crippen LogP) is 0.845. The minimum Gasteiger partial charge on any atom is -0.507 e. The molecule has 0 aliphatic rings. The fourth-order valence-corrected chi connectivity index (χ4v) is 1.10. The number of hydrogen-bond donors (Lipinski definition) is 4. The number of aromatic hydroxyl groups is 1. The van der Waals surface area contributed by atoms with Gasteiger partial charge < -0.3 is 20.8 Å². The number of carbonyl (C=O) groups excluding carboxylic acids is 1. The van der Waals surface area contributed by atoms with Crippen molar-refractivity contribution in [1.82, 2.24) is 5.32 Å². The Balaban J connectivity index is 2.75.